The van der Waals surface area contributed by atoms with E-state index in [1.165, 1.54) is 17.3 Å². The number of hydrogen-bond donors (Lipinski definition) is 0. The third-order valence-electron chi connectivity index (χ3n) is 0.846. The van der Waals surface area contributed by atoms with E-state index < -0.39 is 0 Å². The molecule has 1 heteroatoms. The molecule has 0 heterocycles. The zero-order chi connectivity index (χ0) is 5.54. The summed E-state index contributed by atoms with van der Waals surface area (Å²) in [5.41, 5.74) is 0. The Labute approximate surface area is 56.8 Å². The zero-order valence-electron chi connectivity index (χ0n) is 5.24. The van der Waals surface area contributed by atoms with Crippen LogP contribution in [0.1, 0.15) is 26.7 Å². The maximum absolute atomic E-state index is 2.30. The summed E-state index contributed by atoms with van der Waals surface area (Å²) in [6.07, 6.45) is 2.88. The molecule has 0 aliphatic carbocycles. The minimum absolute atomic E-state index is 0.476. The van der Waals surface area contributed by atoms with Gasteiger partial charge in [-0.15, -0.1) is 0 Å². The summed E-state index contributed by atoms with van der Waals surface area (Å²) in [7, 11) is 0. The molecule has 0 saturated carbocycles. The van der Waals surface area contributed by atoms with Crippen LogP contribution in [0.15, 0.2) is 0 Å². The first kappa shape index (κ1) is 7.79. The fourth-order valence-corrected chi connectivity index (χ4v) is 2.62. The summed E-state index contributed by atoms with van der Waals surface area (Å²) in [6.45, 7) is 4.57. The van der Waals surface area contributed by atoms with Gasteiger partial charge in [-0.05, 0) is 0 Å². The van der Waals surface area contributed by atoms with Crippen molar-refractivity contribution in [3.05, 3.63) is 0 Å². The van der Waals surface area contributed by atoms with Crippen LogP contribution in [0.5, 0.6) is 0 Å². The Balaban J connectivity index is 2.45. The monoisotopic (exact) mass is 216 g/mol. The van der Waals surface area contributed by atoms with Crippen molar-refractivity contribution in [2.75, 3.05) is 0 Å². The molecule has 0 amide bonds. The van der Waals surface area contributed by atoms with Gasteiger partial charge < -0.3 is 0 Å². The first-order chi connectivity index (χ1) is 3.41. The van der Waals surface area contributed by atoms with Gasteiger partial charge in [-0.2, -0.15) is 0 Å². The Kier molecular flexibility index (Phi) is 7.56. The fourth-order valence-electron chi connectivity index (χ4n) is 0.391. The Morgan fingerprint density at radius 3 is 2.43 bits per heavy atom. The molecule has 0 rings (SSSR count). The molecule has 0 saturated heterocycles. The van der Waals surface area contributed by atoms with Crippen LogP contribution < -0.4 is 0 Å². The van der Waals surface area contributed by atoms with E-state index in [1.54, 1.807) is 4.47 Å². The number of rotatable bonds is 4. The van der Waals surface area contributed by atoms with Crippen molar-refractivity contribution >= 4 is 20.9 Å². The maximum atomic E-state index is 2.30. The minimum atomic E-state index is 0.476. The standard InChI is InChI=1S/C6H14Te/c1-3-5-6-7-4-2/h3-6H2,1-2H3. The third-order valence-corrected chi connectivity index (χ3v) is 3.66. The molecule has 0 nitrogen and oxygen atoms in total. The van der Waals surface area contributed by atoms with Crippen molar-refractivity contribution in [3.8, 4) is 0 Å². The second kappa shape index (κ2) is 6.79. The molecule has 0 atom stereocenters. The molecule has 0 aliphatic heterocycles. The van der Waals surface area contributed by atoms with Crippen molar-refractivity contribution in [2.45, 2.75) is 35.6 Å². The molecule has 0 aromatic carbocycles. The van der Waals surface area contributed by atoms with Crippen LogP contribution >= 0.6 is 0 Å². The first-order valence-corrected chi connectivity index (χ1v) is 6.29. The first-order valence-electron chi connectivity index (χ1n) is 2.99. The van der Waals surface area contributed by atoms with Gasteiger partial charge in [0.2, 0.25) is 0 Å². The van der Waals surface area contributed by atoms with E-state index in [2.05, 4.69) is 13.8 Å². The van der Waals surface area contributed by atoms with Gasteiger partial charge in [0.1, 0.15) is 0 Å². The number of unbranched alkanes of at least 4 members (excludes halogenated alkanes) is 1. The Morgan fingerprint density at radius 1 is 1.29 bits per heavy atom. The van der Waals surface area contributed by atoms with Crippen LogP contribution in [0.2, 0.25) is 8.94 Å². The van der Waals surface area contributed by atoms with Gasteiger partial charge in [-0.1, -0.05) is 0 Å². The number of hydrogen-bond acceptors (Lipinski definition) is 0. The second-order valence-electron chi connectivity index (χ2n) is 1.55. The summed E-state index contributed by atoms with van der Waals surface area (Å²) in [4.78, 5) is 0. The van der Waals surface area contributed by atoms with Crippen LogP contribution in [-0.2, 0) is 0 Å². The molecular weight excluding hydrogens is 200 g/mol. The van der Waals surface area contributed by atoms with Crippen LogP contribution in [0.4, 0.5) is 0 Å². The van der Waals surface area contributed by atoms with Crippen LogP contribution in [0.3, 0.4) is 0 Å². The van der Waals surface area contributed by atoms with E-state index in [0.29, 0.717) is 20.9 Å². The van der Waals surface area contributed by atoms with E-state index in [-0.39, 0.29) is 0 Å². The average molecular weight is 214 g/mol. The summed E-state index contributed by atoms with van der Waals surface area (Å²) < 4.78 is 3.06. The van der Waals surface area contributed by atoms with Crippen molar-refractivity contribution in [3.63, 3.8) is 0 Å². The normalized spacial score (nSPS) is 9.43. The Morgan fingerprint density at radius 2 is 2.00 bits per heavy atom. The van der Waals surface area contributed by atoms with Crippen molar-refractivity contribution in [1.29, 1.82) is 0 Å². The third kappa shape index (κ3) is 6.79. The molecule has 0 spiro atoms. The molecule has 44 valence electrons. The topological polar surface area (TPSA) is 0 Å². The van der Waals surface area contributed by atoms with E-state index in [9.17, 15) is 0 Å². The van der Waals surface area contributed by atoms with Gasteiger partial charge in [0, 0.05) is 0 Å². The van der Waals surface area contributed by atoms with Crippen LogP contribution in [-0.4, -0.2) is 20.9 Å². The molecule has 0 N–H and O–H groups in total. The quantitative estimate of drug-likeness (QED) is 0.497. The molecule has 0 aromatic rings. The summed E-state index contributed by atoms with van der Waals surface area (Å²) in [5.74, 6) is 0. The van der Waals surface area contributed by atoms with E-state index in [4.69, 9.17) is 0 Å². The molecule has 0 aromatic heterocycles. The van der Waals surface area contributed by atoms with Crippen LogP contribution in [0.25, 0.3) is 0 Å². The van der Waals surface area contributed by atoms with E-state index >= 15 is 0 Å². The molecular formula is C6H14Te. The zero-order valence-corrected chi connectivity index (χ0v) is 7.57. The average Bonchev–Trinajstić information content (AvgIpc) is 1.69. The second-order valence-corrected chi connectivity index (χ2v) is 5.53. The van der Waals surface area contributed by atoms with Crippen molar-refractivity contribution in [1.82, 2.24) is 0 Å². The predicted molar refractivity (Wildman–Crippen MR) is 35.9 cm³/mol. The molecule has 7 heavy (non-hydrogen) atoms. The predicted octanol–water partition coefficient (Wildman–Crippen LogP) is 2.35. The van der Waals surface area contributed by atoms with Gasteiger partial charge in [-0.3, -0.25) is 0 Å². The molecule has 0 bridgehead atoms. The van der Waals surface area contributed by atoms with E-state index in [0.717, 1.165) is 0 Å². The van der Waals surface area contributed by atoms with Crippen LogP contribution in [0, 0.1) is 0 Å². The molecule has 0 fully saturated rings. The molecule has 0 unspecified atom stereocenters. The summed E-state index contributed by atoms with van der Waals surface area (Å²) in [5, 5.41) is 0. The fraction of sp³-hybridized carbons (Fsp3) is 1.00. The van der Waals surface area contributed by atoms with Gasteiger partial charge in [-0.25, -0.2) is 0 Å². The van der Waals surface area contributed by atoms with Gasteiger partial charge in [0.15, 0.2) is 0 Å². The van der Waals surface area contributed by atoms with Crippen molar-refractivity contribution in [2.24, 2.45) is 0 Å². The van der Waals surface area contributed by atoms with Gasteiger partial charge in [0.25, 0.3) is 0 Å². The summed E-state index contributed by atoms with van der Waals surface area (Å²) >= 11 is 0.476. The molecule has 0 radical (unpaired) electrons. The summed E-state index contributed by atoms with van der Waals surface area (Å²) in [6, 6.07) is 0. The van der Waals surface area contributed by atoms with Crippen molar-refractivity contribution < 1.29 is 0 Å². The van der Waals surface area contributed by atoms with E-state index in [1.807, 2.05) is 0 Å². The molecule has 0 aliphatic rings. The SMILES string of the molecule is CCCC[Te]CC. The Bertz CT molecular complexity index is 23.4. The Hall–Kier alpha value is 0.790. The van der Waals surface area contributed by atoms with Gasteiger partial charge >= 0.3 is 56.5 Å². The van der Waals surface area contributed by atoms with Gasteiger partial charge in [0.05, 0.1) is 0 Å².